The average molecular weight is 774 g/mol. The molecule has 0 bridgehead atoms. The van der Waals surface area contributed by atoms with Crippen molar-refractivity contribution < 1.29 is 50.6 Å². The van der Waals surface area contributed by atoms with Crippen LogP contribution in [-0.4, -0.2) is 62.4 Å². The van der Waals surface area contributed by atoms with Crippen LogP contribution in [0.4, 0.5) is 26.3 Å². The van der Waals surface area contributed by atoms with Gasteiger partial charge >= 0.3 is 18.3 Å². The van der Waals surface area contributed by atoms with Crippen molar-refractivity contribution in [1.29, 1.82) is 0 Å². The molecule has 5 rings (SSSR count). The Morgan fingerprint density at radius 2 is 1.85 bits per heavy atom. The van der Waals surface area contributed by atoms with Gasteiger partial charge in [-0.25, -0.2) is 0 Å². The van der Waals surface area contributed by atoms with E-state index < -0.39 is 64.0 Å². The monoisotopic (exact) mass is 773 g/mol. The first-order valence-corrected chi connectivity index (χ1v) is 18.2. The van der Waals surface area contributed by atoms with E-state index in [0.717, 1.165) is 45.8 Å². The summed E-state index contributed by atoms with van der Waals surface area (Å²) in [6.07, 6.45) is -7.17. The van der Waals surface area contributed by atoms with Gasteiger partial charge in [-0.1, -0.05) is 37.9 Å². The van der Waals surface area contributed by atoms with Gasteiger partial charge < -0.3 is 19.6 Å². The lowest BCUT2D eigenvalue weighted by atomic mass is 9.77. The Morgan fingerprint density at radius 3 is 2.50 bits per heavy atom. The Hall–Kier alpha value is -3.85. The number of benzene rings is 1. The van der Waals surface area contributed by atoms with E-state index in [2.05, 4.69) is 4.98 Å². The number of nitrogens with zero attached hydrogens (tertiary/aromatic N) is 3. The molecule has 2 aromatic heterocycles. The number of amides is 2. The van der Waals surface area contributed by atoms with Crippen LogP contribution in [0.5, 0.6) is 5.75 Å². The molecule has 0 radical (unpaired) electrons. The van der Waals surface area contributed by atoms with Gasteiger partial charge in [0.05, 0.1) is 17.6 Å². The maximum atomic E-state index is 15.4. The highest BCUT2D eigenvalue weighted by molar-refractivity contribution is 7.10. The normalized spacial score (nSPS) is 21.4. The number of hydrogen-bond acceptors (Lipinski definition) is 6. The molecule has 16 heteroatoms. The molecule has 4 atom stereocenters. The van der Waals surface area contributed by atoms with E-state index >= 15 is 4.79 Å². The Kier molecular flexibility index (Phi) is 11.8. The SMILES string of the molecule is CCC[C@H]1N(C(=O)c2ncccc2C(F)(F)F)CCC[C@@]1(Oc1csc(C(F)(F)F)c1)C(=O)N1CCc2ccc(Cl)cc2[C@@H]1C(C)CCCC(=O)O. The summed E-state index contributed by atoms with van der Waals surface area (Å²) in [6, 6.07) is 6.01. The number of thiophene rings is 1. The van der Waals surface area contributed by atoms with E-state index in [9.17, 15) is 41.0 Å². The Labute approximate surface area is 305 Å². The molecule has 0 aliphatic carbocycles. The fraction of sp³-hybridized carbons (Fsp3) is 0.500. The molecule has 4 heterocycles. The molecule has 282 valence electrons. The molecule has 0 saturated carbocycles. The minimum Gasteiger partial charge on any atom is -0.481 e. The lowest BCUT2D eigenvalue weighted by Crippen LogP contribution is -2.68. The van der Waals surface area contributed by atoms with Crippen molar-refractivity contribution in [3.8, 4) is 5.75 Å². The number of fused-ring (bicyclic) bond motifs is 1. The number of carbonyl (C=O) groups excluding carboxylic acids is 2. The number of likely N-dealkylation sites (tertiary alicyclic amines) is 1. The molecule has 52 heavy (non-hydrogen) atoms. The number of ether oxygens (including phenoxy) is 1. The largest absolute Gasteiger partial charge is 0.481 e. The second-order valence-electron chi connectivity index (χ2n) is 13.2. The third-order valence-electron chi connectivity index (χ3n) is 9.75. The highest BCUT2D eigenvalue weighted by Crippen LogP contribution is 2.46. The molecular weight excluding hydrogens is 736 g/mol. The molecule has 2 amide bonds. The van der Waals surface area contributed by atoms with Crippen LogP contribution in [-0.2, 0) is 28.4 Å². The van der Waals surface area contributed by atoms with E-state index in [0.29, 0.717) is 42.0 Å². The van der Waals surface area contributed by atoms with Crippen molar-refractivity contribution in [3.05, 3.63) is 80.3 Å². The maximum Gasteiger partial charge on any atom is 0.425 e. The number of carbonyl (C=O) groups is 3. The molecule has 8 nitrogen and oxygen atoms in total. The van der Waals surface area contributed by atoms with Gasteiger partial charge in [0.1, 0.15) is 16.3 Å². The van der Waals surface area contributed by atoms with Crippen molar-refractivity contribution in [2.45, 2.75) is 95.3 Å². The number of aliphatic carboxylic acids is 1. The number of alkyl halides is 6. The highest BCUT2D eigenvalue weighted by Gasteiger charge is 2.57. The van der Waals surface area contributed by atoms with Crippen LogP contribution >= 0.6 is 22.9 Å². The number of aromatic nitrogens is 1. The minimum absolute atomic E-state index is 0.0508. The number of carboxylic acid groups (broad SMARTS) is 1. The van der Waals surface area contributed by atoms with Gasteiger partial charge in [-0.3, -0.25) is 19.4 Å². The molecule has 3 aromatic rings. The third kappa shape index (κ3) is 8.19. The van der Waals surface area contributed by atoms with Crippen LogP contribution in [0.1, 0.15) is 96.9 Å². The van der Waals surface area contributed by atoms with Gasteiger partial charge in [-0.2, -0.15) is 26.3 Å². The predicted molar refractivity (Wildman–Crippen MR) is 181 cm³/mol. The topological polar surface area (TPSA) is 100 Å². The van der Waals surface area contributed by atoms with Crippen molar-refractivity contribution in [2.24, 2.45) is 5.92 Å². The summed E-state index contributed by atoms with van der Waals surface area (Å²) in [7, 11) is 0. The maximum absolute atomic E-state index is 15.4. The van der Waals surface area contributed by atoms with Gasteiger partial charge in [0, 0.05) is 48.6 Å². The molecule has 1 unspecified atom stereocenters. The fourth-order valence-corrected chi connectivity index (χ4v) is 8.37. The van der Waals surface area contributed by atoms with Crippen LogP contribution in [0.15, 0.2) is 48.0 Å². The Bertz CT molecular complexity index is 1790. The summed E-state index contributed by atoms with van der Waals surface area (Å²) < 4.78 is 90.0. The van der Waals surface area contributed by atoms with Crippen molar-refractivity contribution in [3.63, 3.8) is 0 Å². The number of pyridine rings is 1. The molecule has 0 spiro atoms. The number of hydrogen-bond donors (Lipinski definition) is 1. The van der Waals surface area contributed by atoms with Crippen LogP contribution in [0.2, 0.25) is 5.02 Å². The highest BCUT2D eigenvalue weighted by atomic mass is 35.5. The van der Waals surface area contributed by atoms with Gasteiger partial charge in [-0.05, 0) is 73.4 Å². The smallest absolute Gasteiger partial charge is 0.425 e. The van der Waals surface area contributed by atoms with E-state index in [1.807, 2.05) is 13.0 Å². The number of piperidine rings is 1. The summed E-state index contributed by atoms with van der Waals surface area (Å²) in [6.45, 7) is 3.72. The Morgan fingerprint density at radius 1 is 1.10 bits per heavy atom. The van der Waals surface area contributed by atoms with Crippen molar-refractivity contribution >= 4 is 40.7 Å². The third-order valence-corrected chi connectivity index (χ3v) is 10.9. The van der Waals surface area contributed by atoms with Crippen LogP contribution < -0.4 is 4.74 Å². The summed E-state index contributed by atoms with van der Waals surface area (Å²) >= 11 is 6.81. The lowest BCUT2D eigenvalue weighted by Gasteiger charge is -2.52. The molecule has 2 aliphatic heterocycles. The van der Waals surface area contributed by atoms with E-state index in [4.69, 9.17) is 16.3 Å². The zero-order valence-electron chi connectivity index (χ0n) is 28.4. The molecular formula is C36H38ClF6N3O5S. The zero-order chi connectivity index (χ0) is 38.0. The minimum atomic E-state index is -4.92. The molecule has 1 N–H and O–H groups in total. The van der Waals surface area contributed by atoms with Gasteiger partial charge in [0.2, 0.25) is 5.60 Å². The van der Waals surface area contributed by atoms with Crippen LogP contribution in [0, 0.1) is 5.92 Å². The molecule has 1 aromatic carbocycles. The summed E-state index contributed by atoms with van der Waals surface area (Å²) in [5.41, 5.74) is -2.51. The second kappa shape index (κ2) is 15.6. The first kappa shape index (κ1) is 39.4. The summed E-state index contributed by atoms with van der Waals surface area (Å²) in [4.78, 5) is 46.5. The molecule has 1 fully saturated rings. The zero-order valence-corrected chi connectivity index (χ0v) is 30.0. The van der Waals surface area contributed by atoms with Crippen molar-refractivity contribution in [1.82, 2.24) is 14.8 Å². The molecule has 2 aliphatic rings. The van der Waals surface area contributed by atoms with Gasteiger partial charge in [0.15, 0.2) is 0 Å². The summed E-state index contributed by atoms with van der Waals surface area (Å²) in [5, 5.41) is 10.8. The fourth-order valence-electron chi connectivity index (χ4n) is 7.51. The molecule has 1 saturated heterocycles. The number of carboxylic acids is 1. The predicted octanol–water partition coefficient (Wildman–Crippen LogP) is 9.07. The van der Waals surface area contributed by atoms with E-state index in [1.54, 1.807) is 24.0 Å². The summed E-state index contributed by atoms with van der Waals surface area (Å²) in [5.74, 6) is -3.29. The van der Waals surface area contributed by atoms with Crippen LogP contribution in [0.25, 0.3) is 0 Å². The Balaban J connectivity index is 1.65. The van der Waals surface area contributed by atoms with Crippen molar-refractivity contribution in [2.75, 3.05) is 13.1 Å². The van der Waals surface area contributed by atoms with Gasteiger partial charge in [0.25, 0.3) is 11.8 Å². The van der Waals surface area contributed by atoms with E-state index in [-0.39, 0.29) is 50.4 Å². The van der Waals surface area contributed by atoms with E-state index in [1.165, 1.54) is 0 Å². The first-order chi connectivity index (χ1) is 24.5. The average Bonchev–Trinajstić information content (AvgIpc) is 3.56. The van der Waals surface area contributed by atoms with Gasteiger partial charge in [-0.15, -0.1) is 11.3 Å². The number of rotatable bonds is 11. The second-order valence-corrected chi connectivity index (χ2v) is 14.6. The number of halogens is 7. The quantitative estimate of drug-likeness (QED) is 0.195. The standard InChI is InChI=1S/C36H38ClF6N3O5S/c1-3-7-27-34(51-24-19-28(52-20-24)36(41,42)43,14-6-16-45(27)32(49)30-26(35(38,39)40)9-5-15-44-30)33(50)46-17-13-22-11-12-23(37)18-25(22)31(46)21(2)8-4-10-29(47)48/h5,9,11-12,15,18-21,27,31H,3-4,6-8,10,13-14,16-17H2,1-2H3,(H,47,48)/t21?,27-,31+,34+/m1/s1. The first-order valence-electron chi connectivity index (χ1n) is 17.0. The van der Waals surface area contributed by atoms with Crippen LogP contribution in [0.3, 0.4) is 0 Å². The lowest BCUT2D eigenvalue weighted by molar-refractivity contribution is -0.164.